The first-order chi connectivity index (χ1) is 4.84. The minimum atomic E-state index is 1.06. The third-order valence-electron chi connectivity index (χ3n) is 1.67. The molecule has 0 spiro atoms. The van der Waals surface area contributed by atoms with Crippen molar-refractivity contribution in [1.82, 2.24) is 0 Å². The third-order valence-corrected chi connectivity index (χ3v) is 1.67. The van der Waals surface area contributed by atoms with Crippen molar-refractivity contribution in [3.63, 3.8) is 0 Å². The van der Waals surface area contributed by atoms with Crippen molar-refractivity contribution < 1.29 is 0 Å². The van der Waals surface area contributed by atoms with E-state index in [9.17, 15) is 0 Å². The van der Waals surface area contributed by atoms with Gasteiger partial charge in [0, 0.05) is 19.3 Å². The summed E-state index contributed by atoms with van der Waals surface area (Å²) in [5.41, 5.74) is 1.28. The molecule has 0 unspecified atom stereocenters. The third kappa shape index (κ3) is 1.50. The van der Waals surface area contributed by atoms with Gasteiger partial charge in [0.2, 0.25) is 0 Å². The Morgan fingerprint density at radius 3 is 2.30 bits per heavy atom. The van der Waals surface area contributed by atoms with Crippen LogP contribution in [0.2, 0.25) is 0 Å². The molecule has 0 aliphatic carbocycles. The Morgan fingerprint density at radius 2 is 1.80 bits per heavy atom. The number of hydrogen-bond acceptors (Lipinski definition) is 1. The average Bonchev–Trinajstić information content (AvgIpc) is 2.05. The quantitative estimate of drug-likeness (QED) is 0.600. The van der Waals surface area contributed by atoms with Gasteiger partial charge in [-0.05, 0) is 19.1 Å². The van der Waals surface area contributed by atoms with Crippen LogP contribution in [0, 0.1) is 0 Å². The van der Waals surface area contributed by atoms with E-state index in [1.54, 1.807) is 0 Å². The summed E-state index contributed by atoms with van der Waals surface area (Å²) in [5.74, 6) is 0. The lowest BCUT2D eigenvalue weighted by molar-refractivity contribution is 0.968. The zero-order valence-corrected chi connectivity index (χ0v) is 6.54. The van der Waals surface area contributed by atoms with Gasteiger partial charge in [-0.2, -0.15) is 0 Å². The molecule has 0 heterocycles. The molecular weight excluding hydrogens is 122 g/mol. The molecule has 10 heavy (non-hydrogen) atoms. The van der Waals surface area contributed by atoms with Crippen LogP contribution in [0.25, 0.3) is 0 Å². The second-order valence-corrected chi connectivity index (χ2v) is 2.35. The highest BCUT2D eigenvalue weighted by Gasteiger charge is 1.92. The van der Waals surface area contributed by atoms with Crippen LogP contribution in [0.4, 0.5) is 5.69 Å². The minimum absolute atomic E-state index is 1.06. The Kier molecular flexibility index (Phi) is 2.32. The van der Waals surface area contributed by atoms with Crippen LogP contribution in [0.3, 0.4) is 0 Å². The topological polar surface area (TPSA) is 3.24 Å². The molecule has 1 aromatic carbocycles. The van der Waals surface area contributed by atoms with E-state index in [1.807, 2.05) is 6.07 Å². The number of nitrogens with zero attached hydrogens (tertiary/aromatic N) is 1. The average molecular weight is 135 g/mol. The Bertz CT molecular complexity index is 181. The molecule has 0 N–H and O–H groups in total. The SMILES string of the molecule is CCN(C)c1ccccc1. The van der Waals surface area contributed by atoms with Gasteiger partial charge in [0.25, 0.3) is 0 Å². The van der Waals surface area contributed by atoms with E-state index in [-0.39, 0.29) is 0 Å². The number of rotatable bonds is 2. The molecule has 0 aromatic heterocycles. The summed E-state index contributed by atoms with van der Waals surface area (Å²) in [6, 6.07) is 10.4. The highest BCUT2D eigenvalue weighted by atomic mass is 15.1. The van der Waals surface area contributed by atoms with Gasteiger partial charge < -0.3 is 4.90 Å². The zero-order valence-electron chi connectivity index (χ0n) is 6.54. The van der Waals surface area contributed by atoms with E-state index in [0.717, 1.165) is 6.54 Å². The molecule has 0 saturated heterocycles. The number of hydrogen-bond donors (Lipinski definition) is 0. The monoisotopic (exact) mass is 135 g/mol. The van der Waals surface area contributed by atoms with E-state index in [0.29, 0.717) is 0 Å². The summed E-state index contributed by atoms with van der Waals surface area (Å²) >= 11 is 0. The van der Waals surface area contributed by atoms with E-state index < -0.39 is 0 Å². The second-order valence-electron chi connectivity index (χ2n) is 2.35. The summed E-state index contributed by atoms with van der Waals surface area (Å²) < 4.78 is 0. The predicted octanol–water partition coefficient (Wildman–Crippen LogP) is 2.14. The van der Waals surface area contributed by atoms with E-state index in [1.165, 1.54) is 5.69 Å². The highest BCUT2D eigenvalue weighted by molar-refractivity contribution is 5.44. The molecule has 0 saturated carbocycles. The van der Waals surface area contributed by atoms with Crippen LogP contribution in [0.5, 0.6) is 0 Å². The van der Waals surface area contributed by atoms with Gasteiger partial charge in [0.15, 0.2) is 0 Å². The smallest absolute Gasteiger partial charge is 0.0363 e. The highest BCUT2D eigenvalue weighted by Crippen LogP contribution is 2.09. The van der Waals surface area contributed by atoms with Crippen molar-refractivity contribution in [3.05, 3.63) is 30.3 Å². The van der Waals surface area contributed by atoms with Crippen molar-refractivity contribution in [3.8, 4) is 0 Å². The lowest BCUT2D eigenvalue weighted by Crippen LogP contribution is -2.15. The van der Waals surface area contributed by atoms with Gasteiger partial charge in [0.05, 0.1) is 0 Å². The first-order valence-electron chi connectivity index (χ1n) is 3.60. The molecule has 0 aliphatic heterocycles. The zero-order chi connectivity index (χ0) is 7.40. The summed E-state index contributed by atoms with van der Waals surface area (Å²) in [6.45, 7) is 3.21. The number of anilines is 1. The standard InChI is InChI=1S/C9H13N/c1-3-10(2)9-7-5-4-6-8-9/h4-8H,3H2,1-2H3. The molecule has 1 heteroatoms. The van der Waals surface area contributed by atoms with Gasteiger partial charge in [-0.15, -0.1) is 0 Å². The van der Waals surface area contributed by atoms with Crippen LogP contribution in [0.1, 0.15) is 6.92 Å². The van der Waals surface area contributed by atoms with Crippen molar-refractivity contribution in [2.75, 3.05) is 18.5 Å². The second kappa shape index (κ2) is 3.25. The van der Waals surface area contributed by atoms with Crippen molar-refractivity contribution >= 4 is 5.69 Å². The fraction of sp³-hybridized carbons (Fsp3) is 0.333. The fourth-order valence-electron chi connectivity index (χ4n) is 0.865. The summed E-state index contributed by atoms with van der Waals surface area (Å²) in [4.78, 5) is 2.21. The number of para-hydroxylation sites is 1. The molecule has 0 aliphatic rings. The molecule has 0 fully saturated rings. The molecule has 1 rings (SSSR count). The van der Waals surface area contributed by atoms with Crippen molar-refractivity contribution in [2.24, 2.45) is 0 Å². The van der Waals surface area contributed by atoms with Gasteiger partial charge in [-0.3, -0.25) is 0 Å². The Morgan fingerprint density at radius 1 is 1.20 bits per heavy atom. The maximum atomic E-state index is 2.21. The van der Waals surface area contributed by atoms with Crippen LogP contribution < -0.4 is 4.90 Å². The van der Waals surface area contributed by atoms with Gasteiger partial charge in [0.1, 0.15) is 0 Å². The largest absolute Gasteiger partial charge is 0.375 e. The summed E-state index contributed by atoms with van der Waals surface area (Å²) in [7, 11) is 2.09. The Balaban J connectivity index is 2.75. The minimum Gasteiger partial charge on any atom is -0.375 e. The van der Waals surface area contributed by atoms with E-state index in [2.05, 4.69) is 43.1 Å². The van der Waals surface area contributed by atoms with Gasteiger partial charge in [-0.25, -0.2) is 0 Å². The maximum Gasteiger partial charge on any atom is 0.0363 e. The molecule has 0 bridgehead atoms. The number of benzene rings is 1. The summed E-state index contributed by atoms with van der Waals surface area (Å²) in [5, 5.41) is 0. The van der Waals surface area contributed by atoms with E-state index >= 15 is 0 Å². The normalized spacial score (nSPS) is 9.40. The predicted molar refractivity (Wildman–Crippen MR) is 45.4 cm³/mol. The van der Waals surface area contributed by atoms with Crippen LogP contribution >= 0.6 is 0 Å². The molecule has 1 aromatic rings. The molecule has 0 amide bonds. The molecular formula is C9H13N. The van der Waals surface area contributed by atoms with Gasteiger partial charge >= 0.3 is 0 Å². The lowest BCUT2D eigenvalue weighted by Gasteiger charge is -2.15. The van der Waals surface area contributed by atoms with Crippen LogP contribution in [-0.4, -0.2) is 13.6 Å². The van der Waals surface area contributed by atoms with Crippen molar-refractivity contribution in [1.29, 1.82) is 0 Å². The maximum absolute atomic E-state index is 2.21. The van der Waals surface area contributed by atoms with Gasteiger partial charge in [-0.1, -0.05) is 18.2 Å². The molecule has 0 radical (unpaired) electrons. The summed E-state index contributed by atoms with van der Waals surface area (Å²) in [6.07, 6.45) is 0. The molecule has 0 atom stereocenters. The first-order valence-corrected chi connectivity index (χ1v) is 3.60. The molecule has 54 valence electrons. The lowest BCUT2D eigenvalue weighted by atomic mass is 10.3. The Hall–Kier alpha value is -0.980. The first kappa shape index (κ1) is 7.13. The van der Waals surface area contributed by atoms with Crippen molar-refractivity contribution in [2.45, 2.75) is 6.92 Å². The van der Waals surface area contributed by atoms with E-state index in [4.69, 9.17) is 0 Å². The molecule has 1 nitrogen and oxygen atoms in total. The fourth-order valence-corrected chi connectivity index (χ4v) is 0.865. The van der Waals surface area contributed by atoms with Crippen LogP contribution in [0.15, 0.2) is 30.3 Å². The Labute approximate surface area is 62.3 Å². The van der Waals surface area contributed by atoms with Crippen LogP contribution in [-0.2, 0) is 0 Å².